The lowest BCUT2D eigenvalue weighted by Crippen LogP contribution is -2.02. The average Bonchev–Trinajstić information content (AvgIpc) is 2.38. The monoisotopic (exact) mass is 263 g/mol. The van der Waals surface area contributed by atoms with Gasteiger partial charge in [-0.2, -0.15) is 0 Å². The lowest BCUT2D eigenvalue weighted by atomic mass is 10.1. The van der Waals surface area contributed by atoms with Gasteiger partial charge in [0.1, 0.15) is 5.82 Å². The molecule has 0 amide bonds. The molecule has 0 fully saturated rings. The minimum Gasteiger partial charge on any atom is -0.370 e. The van der Waals surface area contributed by atoms with Gasteiger partial charge >= 0.3 is 0 Å². The van der Waals surface area contributed by atoms with Gasteiger partial charge in [0.25, 0.3) is 6.43 Å². The minimum absolute atomic E-state index is 0.00306. The van der Waals surface area contributed by atoms with Crippen LogP contribution in [0.5, 0.6) is 0 Å². The Labute approximate surface area is 110 Å². The van der Waals surface area contributed by atoms with Gasteiger partial charge in [0.05, 0.1) is 0 Å². The number of anilines is 1. The van der Waals surface area contributed by atoms with Crippen LogP contribution in [-0.4, -0.2) is 16.5 Å². The van der Waals surface area contributed by atoms with Crippen molar-refractivity contribution in [3.05, 3.63) is 41.6 Å². The van der Waals surface area contributed by atoms with E-state index in [9.17, 15) is 8.78 Å². The van der Waals surface area contributed by atoms with Crippen molar-refractivity contribution in [2.75, 3.05) is 11.9 Å². The standard InChI is InChI=1S/C14H15F2N3/c1-3-17-12-8-9(2)18-14(19-12)11-6-4-10(5-7-11)13(15)16/h4-8,13H,3H2,1-2H3,(H,17,18,19). The van der Waals surface area contributed by atoms with E-state index >= 15 is 0 Å². The van der Waals surface area contributed by atoms with Crippen LogP contribution in [0.2, 0.25) is 0 Å². The van der Waals surface area contributed by atoms with Gasteiger partial charge in [0.15, 0.2) is 5.82 Å². The number of hydrogen-bond acceptors (Lipinski definition) is 3. The summed E-state index contributed by atoms with van der Waals surface area (Å²) >= 11 is 0. The number of benzene rings is 1. The Balaban J connectivity index is 2.35. The highest BCUT2D eigenvalue weighted by atomic mass is 19.3. The Morgan fingerprint density at radius 1 is 1.16 bits per heavy atom. The summed E-state index contributed by atoms with van der Waals surface area (Å²) in [6.45, 7) is 4.62. The van der Waals surface area contributed by atoms with E-state index in [0.29, 0.717) is 5.82 Å². The van der Waals surface area contributed by atoms with Crippen molar-refractivity contribution < 1.29 is 8.78 Å². The fraction of sp³-hybridized carbons (Fsp3) is 0.286. The van der Waals surface area contributed by atoms with Crippen LogP contribution in [0.25, 0.3) is 11.4 Å². The van der Waals surface area contributed by atoms with E-state index in [1.807, 2.05) is 19.9 Å². The van der Waals surface area contributed by atoms with E-state index < -0.39 is 6.43 Å². The summed E-state index contributed by atoms with van der Waals surface area (Å²) in [6.07, 6.45) is -2.45. The number of rotatable bonds is 4. The first-order valence-corrected chi connectivity index (χ1v) is 6.08. The van der Waals surface area contributed by atoms with Crippen LogP contribution < -0.4 is 5.32 Å². The first-order valence-electron chi connectivity index (χ1n) is 6.08. The number of halogens is 2. The van der Waals surface area contributed by atoms with Crippen LogP contribution in [0.3, 0.4) is 0 Å². The van der Waals surface area contributed by atoms with E-state index in [2.05, 4.69) is 15.3 Å². The molecule has 5 heteroatoms. The van der Waals surface area contributed by atoms with Crippen molar-refractivity contribution >= 4 is 5.82 Å². The topological polar surface area (TPSA) is 37.8 Å². The first kappa shape index (κ1) is 13.4. The van der Waals surface area contributed by atoms with E-state index in [0.717, 1.165) is 23.6 Å². The zero-order chi connectivity index (χ0) is 13.8. The zero-order valence-electron chi connectivity index (χ0n) is 10.8. The highest BCUT2D eigenvalue weighted by Crippen LogP contribution is 2.23. The summed E-state index contributed by atoms with van der Waals surface area (Å²) in [7, 11) is 0. The normalized spacial score (nSPS) is 10.8. The molecule has 2 aromatic rings. The summed E-state index contributed by atoms with van der Waals surface area (Å²) in [6, 6.07) is 7.88. The predicted octanol–water partition coefficient (Wildman–Crippen LogP) is 3.82. The molecular weight excluding hydrogens is 248 g/mol. The molecule has 0 unspecified atom stereocenters. The van der Waals surface area contributed by atoms with Crippen molar-refractivity contribution in [3.63, 3.8) is 0 Å². The van der Waals surface area contributed by atoms with Crippen molar-refractivity contribution in [2.45, 2.75) is 20.3 Å². The summed E-state index contributed by atoms with van der Waals surface area (Å²) in [4.78, 5) is 8.68. The molecule has 1 aromatic carbocycles. The maximum absolute atomic E-state index is 12.5. The number of hydrogen-bond donors (Lipinski definition) is 1. The van der Waals surface area contributed by atoms with Gasteiger partial charge in [-0.15, -0.1) is 0 Å². The van der Waals surface area contributed by atoms with Crippen LogP contribution >= 0.6 is 0 Å². The van der Waals surface area contributed by atoms with Crippen molar-refractivity contribution in [3.8, 4) is 11.4 Å². The Hall–Kier alpha value is -2.04. The van der Waals surface area contributed by atoms with E-state index in [4.69, 9.17) is 0 Å². The van der Waals surface area contributed by atoms with Gasteiger partial charge in [0, 0.05) is 29.4 Å². The molecule has 100 valence electrons. The third-order valence-corrected chi connectivity index (χ3v) is 2.63. The number of aryl methyl sites for hydroxylation is 1. The molecule has 0 bridgehead atoms. The Bertz CT molecular complexity index is 553. The third kappa shape index (κ3) is 3.24. The molecule has 2 rings (SSSR count). The molecule has 1 heterocycles. The van der Waals surface area contributed by atoms with Crippen LogP contribution in [0.4, 0.5) is 14.6 Å². The summed E-state index contributed by atoms with van der Waals surface area (Å²) in [5.74, 6) is 1.28. The molecule has 0 aliphatic heterocycles. The third-order valence-electron chi connectivity index (χ3n) is 2.63. The van der Waals surface area contributed by atoms with E-state index in [1.165, 1.54) is 12.1 Å². The highest BCUT2D eigenvalue weighted by Gasteiger charge is 2.08. The van der Waals surface area contributed by atoms with Crippen molar-refractivity contribution in [1.29, 1.82) is 0 Å². The second kappa shape index (κ2) is 5.73. The van der Waals surface area contributed by atoms with E-state index in [-0.39, 0.29) is 5.56 Å². The van der Waals surface area contributed by atoms with Crippen molar-refractivity contribution in [1.82, 2.24) is 9.97 Å². The van der Waals surface area contributed by atoms with Gasteiger partial charge in [-0.25, -0.2) is 18.7 Å². The highest BCUT2D eigenvalue weighted by molar-refractivity contribution is 5.58. The Morgan fingerprint density at radius 2 is 1.84 bits per heavy atom. The second-order valence-electron chi connectivity index (χ2n) is 4.17. The number of aromatic nitrogens is 2. The average molecular weight is 263 g/mol. The number of alkyl halides is 2. The van der Waals surface area contributed by atoms with Crippen LogP contribution in [0.15, 0.2) is 30.3 Å². The SMILES string of the molecule is CCNc1cc(C)nc(-c2ccc(C(F)F)cc2)n1. The molecule has 19 heavy (non-hydrogen) atoms. The van der Waals surface area contributed by atoms with Gasteiger partial charge in [-0.1, -0.05) is 24.3 Å². The Morgan fingerprint density at radius 3 is 2.42 bits per heavy atom. The molecule has 3 nitrogen and oxygen atoms in total. The van der Waals surface area contributed by atoms with Crippen LogP contribution in [0.1, 0.15) is 24.6 Å². The molecule has 0 atom stereocenters. The van der Waals surface area contributed by atoms with Gasteiger partial charge < -0.3 is 5.32 Å². The molecular formula is C14H15F2N3. The smallest absolute Gasteiger partial charge is 0.263 e. The molecule has 0 aliphatic rings. The predicted molar refractivity (Wildman–Crippen MR) is 71.3 cm³/mol. The van der Waals surface area contributed by atoms with Crippen LogP contribution in [0, 0.1) is 6.92 Å². The largest absolute Gasteiger partial charge is 0.370 e. The number of nitrogens with zero attached hydrogens (tertiary/aromatic N) is 2. The second-order valence-corrected chi connectivity index (χ2v) is 4.17. The molecule has 0 saturated carbocycles. The number of nitrogens with one attached hydrogen (secondary N) is 1. The maximum atomic E-state index is 12.5. The fourth-order valence-electron chi connectivity index (χ4n) is 1.75. The minimum atomic E-state index is -2.45. The van der Waals surface area contributed by atoms with Crippen LogP contribution in [-0.2, 0) is 0 Å². The molecule has 0 spiro atoms. The first-order chi connectivity index (χ1) is 9.10. The lowest BCUT2D eigenvalue weighted by molar-refractivity contribution is 0.151. The molecule has 1 N–H and O–H groups in total. The molecule has 1 aromatic heterocycles. The molecule has 0 aliphatic carbocycles. The lowest BCUT2D eigenvalue weighted by Gasteiger charge is -2.07. The fourth-order valence-corrected chi connectivity index (χ4v) is 1.75. The molecule has 0 radical (unpaired) electrons. The summed E-state index contributed by atoms with van der Waals surface area (Å²) in [5, 5.41) is 3.12. The van der Waals surface area contributed by atoms with Crippen molar-refractivity contribution in [2.24, 2.45) is 0 Å². The van der Waals surface area contributed by atoms with Gasteiger partial charge in [-0.05, 0) is 13.8 Å². The van der Waals surface area contributed by atoms with Gasteiger partial charge in [-0.3, -0.25) is 0 Å². The molecule has 0 saturated heterocycles. The maximum Gasteiger partial charge on any atom is 0.263 e. The van der Waals surface area contributed by atoms with E-state index in [1.54, 1.807) is 12.1 Å². The zero-order valence-corrected chi connectivity index (χ0v) is 10.8. The summed E-state index contributed by atoms with van der Waals surface area (Å²) in [5.41, 5.74) is 1.56. The summed E-state index contributed by atoms with van der Waals surface area (Å²) < 4.78 is 25.0. The Kier molecular flexibility index (Phi) is 4.04. The van der Waals surface area contributed by atoms with Gasteiger partial charge in [0.2, 0.25) is 0 Å². The quantitative estimate of drug-likeness (QED) is 0.911.